The predicted molar refractivity (Wildman–Crippen MR) is 110 cm³/mol. The van der Waals surface area contributed by atoms with Crippen molar-refractivity contribution >= 4 is 15.7 Å². The van der Waals surface area contributed by atoms with Gasteiger partial charge in [-0.2, -0.15) is 0 Å². The Morgan fingerprint density at radius 2 is 1.48 bits per heavy atom. The smallest absolute Gasteiger partial charge is 0.264 e. The van der Waals surface area contributed by atoms with E-state index in [0.29, 0.717) is 5.69 Å². The average Bonchev–Trinajstić information content (AvgIpc) is 2.68. The van der Waals surface area contributed by atoms with Gasteiger partial charge in [0.05, 0.1) is 17.7 Å². The first kappa shape index (κ1) is 19.0. The molecule has 3 rings (SSSR count). The molecule has 0 aliphatic carbocycles. The molecule has 0 saturated heterocycles. The number of sulfonamides is 1. The first-order valence-corrected chi connectivity index (χ1v) is 10.1. The number of methoxy groups -OCH3 is 1. The molecule has 0 unspecified atom stereocenters. The van der Waals surface area contributed by atoms with Gasteiger partial charge in [0.1, 0.15) is 5.75 Å². The van der Waals surface area contributed by atoms with Crippen molar-refractivity contribution in [3.63, 3.8) is 0 Å². The molecular formula is C22H23NO3S. The third kappa shape index (κ3) is 3.83. The monoisotopic (exact) mass is 381 g/mol. The van der Waals surface area contributed by atoms with E-state index in [1.54, 1.807) is 38.4 Å². The second-order valence-electron chi connectivity index (χ2n) is 6.51. The molecule has 140 valence electrons. The maximum atomic E-state index is 13.0. The molecular weight excluding hydrogens is 358 g/mol. The number of hydrogen-bond acceptors (Lipinski definition) is 3. The summed E-state index contributed by atoms with van der Waals surface area (Å²) in [6.45, 7) is 3.94. The van der Waals surface area contributed by atoms with E-state index in [0.717, 1.165) is 28.0 Å². The molecule has 0 bridgehead atoms. The van der Waals surface area contributed by atoms with Crippen LogP contribution >= 0.6 is 0 Å². The molecule has 0 fully saturated rings. The van der Waals surface area contributed by atoms with Crippen LogP contribution in [0, 0.1) is 13.8 Å². The lowest BCUT2D eigenvalue weighted by atomic mass is 10.00. The molecule has 0 atom stereocenters. The summed E-state index contributed by atoms with van der Waals surface area (Å²) < 4.78 is 32.5. The molecule has 0 amide bonds. The number of rotatable bonds is 5. The summed E-state index contributed by atoms with van der Waals surface area (Å²) in [6, 6.07) is 20.3. The molecule has 3 aromatic rings. The van der Waals surface area contributed by atoms with Gasteiger partial charge in [-0.15, -0.1) is 0 Å². The van der Waals surface area contributed by atoms with Gasteiger partial charge in [0, 0.05) is 7.05 Å². The minimum atomic E-state index is -3.62. The Hall–Kier alpha value is -2.79. The lowest BCUT2D eigenvalue weighted by Gasteiger charge is -2.21. The zero-order valence-electron chi connectivity index (χ0n) is 15.9. The van der Waals surface area contributed by atoms with E-state index in [2.05, 4.69) is 0 Å². The highest BCUT2D eigenvalue weighted by atomic mass is 32.2. The highest BCUT2D eigenvalue weighted by Crippen LogP contribution is 2.31. The fourth-order valence-corrected chi connectivity index (χ4v) is 4.08. The lowest BCUT2D eigenvalue weighted by Crippen LogP contribution is -2.26. The third-order valence-corrected chi connectivity index (χ3v) is 6.46. The van der Waals surface area contributed by atoms with E-state index in [9.17, 15) is 8.42 Å². The quantitative estimate of drug-likeness (QED) is 0.637. The van der Waals surface area contributed by atoms with Crippen LogP contribution in [-0.4, -0.2) is 22.6 Å². The van der Waals surface area contributed by atoms with Crippen LogP contribution in [0.1, 0.15) is 11.1 Å². The van der Waals surface area contributed by atoms with Crippen molar-refractivity contribution in [3.8, 4) is 16.9 Å². The zero-order valence-corrected chi connectivity index (χ0v) is 16.7. The molecule has 3 aromatic carbocycles. The van der Waals surface area contributed by atoms with E-state index >= 15 is 0 Å². The Labute approximate surface area is 161 Å². The number of aryl methyl sites for hydroxylation is 2. The molecule has 4 nitrogen and oxygen atoms in total. The van der Waals surface area contributed by atoms with Crippen LogP contribution in [0.5, 0.6) is 5.75 Å². The van der Waals surface area contributed by atoms with Crippen LogP contribution in [0.15, 0.2) is 71.6 Å². The number of anilines is 1. The second kappa shape index (κ2) is 7.45. The molecule has 0 radical (unpaired) electrons. The van der Waals surface area contributed by atoms with Crippen molar-refractivity contribution in [1.82, 2.24) is 0 Å². The summed E-state index contributed by atoms with van der Waals surface area (Å²) in [5, 5.41) is 0. The number of nitrogens with zero attached hydrogens (tertiary/aromatic N) is 1. The van der Waals surface area contributed by atoms with E-state index in [4.69, 9.17) is 4.74 Å². The summed E-state index contributed by atoms with van der Waals surface area (Å²) in [4.78, 5) is 0.280. The van der Waals surface area contributed by atoms with Gasteiger partial charge in [0.15, 0.2) is 0 Å². The van der Waals surface area contributed by atoms with Gasteiger partial charge in [0.25, 0.3) is 10.0 Å². The van der Waals surface area contributed by atoms with Crippen LogP contribution in [0.2, 0.25) is 0 Å². The van der Waals surface area contributed by atoms with Crippen molar-refractivity contribution in [2.75, 3.05) is 18.5 Å². The van der Waals surface area contributed by atoms with Gasteiger partial charge in [0.2, 0.25) is 0 Å². The van der Waals surface area contributed by atoms with Crippen molar-refractivity contribution < 1.29 is 13.2 Å². The van der Waals surface area contributed by atoms with E-state index < -0.39 is 10.0 Å². The van der Waals surface area contributed by atoms with Gasteiger partial charge in [-0.25, -0.2) is 8.42 Å². The van der Waals surface area contributed by atoms with Gasteiger partial charge >= 0.3 is 0 Å². The van der Waals surface area contributed by atoms with Crippen LogP contribution in [-0.2, 0) is 10.0 Å². The van der Waals surface area contributed by atoms with Gasteiger partial charge in [-0.05, 0) is 66.9 Å². The molecule has 0 heterocycles. The summed E-state index contributed by atoms with van der Waals surface area (Å²) in [6.07, 6.45) is 0. The largest absolute Gasteiger partial charge is 0.497 e. The SMILES string of the molecule is COc1ccc(-c2cc(N(C)S(=O)(=O)c3ccc(C)cc3)ccc2C)cc1. The fraction of sp³-hybridized carbons (Fsp3) is 0.182. The zero-order chi connectivity index (χ0) is 19.6. The number of ether oxygens (including phenoxy) is 1. The van der Waals surface area contributed by atoms with Gasteiger partial charge in [-0.1, -0.05) is 35.9 Å². The minimum Gasteiger partial charge on any atom is -0.497 e. The first-order chi connectivity index (χ1) is 12.8. The molecule has 0 aromatic heterocycles. The molecule has 0 saturated carbocycles. The van der Waals surface area contributed by atoms with Crippen molar-refractivity contribution in [3.05, 3.63) is 77.9 Å². The maximum Gasteiger partial charge on any atom is 0.264 e. The summed E-state index contributed by atoms with van der Waals surface area (Å²) >= 11 is 0. The topological polar surface area (TPSA) is 46.6 Å². The Morgan fingerprint density at radius 1 is 0.852 bits per heavy atom. The van der Waals surface area contributed by atoms with Crippen LogP contribution in [0.3, 0.4) is 0 Å². The molecule has 0 aliphatic rings. The maximum absolute atomic E-state index is 13.0. The Bertz CT molecular complexity index is 1040. The van der Waals surface area contributed by atoms with Crippen LogP contribution in [0.4, 0.5) is 5.69 Å². The van der Waals surface area contributed by atoms with Crippen molar-refractivity contribution in [2.45, 2.75) is 18.7 Å². The minimum absolute atomic E-state index is 0.280. The van der Waals surface area contributed by atoms with Crippen molar-refractivity contribution in [1.29, 1.82) is 0 Å². The Balaban J connectivity index is 2.00. The van der Waals surface area contributed by atoms with E-state index in [1.165, 1.54) is 4.31 Å². The predicted octanol–water partition coefficient (Wildman–Crippen LogP) is 4.80. The van der Waals surface area contributed by atoms with Gasteiger partial charge in [-0.3, -0.25) is 4.31 Å². The molecule has 5 heteroatoms. The van der Waals surface area contributed by atoms with Crippen LogP contribution < -0.4 is 9.04 Å². The average molecular weight is 381 g/mol. The van der Waals surface area contributed by atoms with E-state index in [1.807, 2.05) is 56.3 Å². The summed E-state index contributed by atoms with van der Waals surface area (Å²) in [5.74, 6) is 0.784. The van der Waals surface area contributed by atoms with Crippen molar-refractivity contribution in [2.24, 2.45) is 0 Å². The summed E-state index contributed by atoms with van der Waals surface area (Å²) in [7, 11) is -0.406. The lowest BCUT2D eigenvalue weighted by molar-refractivity contribution is 0.415. The number of benzene rings is 3. The first-order valence-electron chi connectivity index (χ1n) is 8.63. The normalized spacial score (nSPS) is 11.3. The van der Waals surface area contributed by atoms with Crippen LogP contribution in [0.25, 0.3) is 11.1 Å². The molecule has 27 heavy (non-hydrogen) atoms. The standard InChI is InChI=1S/C22H23NO3S/c1-16-5-13-21(14-6-16)27(24,25)23(3)19-10-7-17(2)22(15-19)18-8-11-20(26-4)12-9-18/h5-15H,1-4H3. The third-order valence-electron chi connectivity index (χ3n) is 4.67. The Morgan fingerprint density at radius 3 is 2.07 bits per heavy atom. The molecule has 0 spiro atoms. The number of hydrogen-bond donors (Lipinski definition) is 0. The molecule has 0 aliphatic heterocycles. The highest BCUT2D eigenvalue weighted by Gasteiger charge is 2.21. The summed E-state index contributed by atoms with van der Waals surface area (Å²) in [5.41, 5.74) is 4.71. The van der Waals surface area contributed by atoms with Gasteiger partial charge < -0.3 is 4.74 Å². The second-order valence-corrected chi connectivity index (χ2v) is 8.48. The fourth-order valence-electron chi connectivity index (χ4n) is 2.89. The highest BCUT2D eigenvalue weighted by molar-refractivity contribution is 7.92. The molecule has 0 N–H and O–H groups in total. The van der Waals surface area contributed by atoms with E-state index in [-0.39, 0.29) is 4.90 Å². The Kier molecular flexibility index (Phi) is 5.24.